The van der Waals surface area contributed by atoms with E-state index >= 15 is 0 Å². The van der Waals surface area contributed by atoms with E-state index in [1.165, 1.54) is 0 Å². The van der Waals surface area contributed by atoms with E-state index in [0.29, 0.717) is 16.7 Å². The highest BCUT2D eigenvalue weighted by molar-refractivity contribution is 9.08. The molecule has 0 aliphatic carbocycles. The Balaban J connectivity index is 2.20. The van der Waals surface area contributed by atoms with E-state index in [0.717, 1.165) is 11.3 Å². The molecule has 2 N–H and O–H groups in total. The Hall–Kier alpha value is -1.62. The Bertz CT molecular complexity index is 536. The zero-order valence-electron chi connectivity index (χ0n) is 9.33. The van der Waals surface area contributed by atoms with E-state index < -0.39 is 0 Å². The molecular weight excluding hydrogens is 282 g/mol. The van der Waals surface area contributed by atoms with E-state index in [9.17, 15) is 4.79 Å². The van der Waals surface area contributed by atoms with Crippen molar-refractivity contribution in [2.45, 2.75) is 12.3 Å². The van der Waals surface area contributed by atoms with Gasteiger partial charge in [-0.1, -0.05) is 34.1 Å². The van der Waals surface area contributed by atoms with E-state index in [-0.39, 0.29) is 5.91 Å². The number of hydrogen-bond donors (Lipinski definition) is 2. The maximum absolute atomic E-state index is 12.0. The number of nitrogens with zero attached hydrogens (tertiary/aromatic N) is 1. The molecule has 88 valence electrons. The zero-order chi connectivity index (χ0) is 12.3. The number of halogens is 1. The fraction of sp³-hybridized carbons (Fsp3) is 0.167. The summed E-state index contributed by atoms with van der Waals surface area (Å²) >= 11 is 3.36. The molecule has 0 unspecified atom stereocenters. The first kappa shape index (κ1) is 11.9. The minimum absolute atomic E-state index is 0.147. The number of carbonyl (C=O) groups excluding carboxylic acids is 1. The van der Waals surface area contributed by atoms with E-state index in [2.05, 4.69) is 31.4 Å². The van der Waals surface area contributed by atoms with Gasteiger partial charge in [-0.2, -0.15) is 5.10 Å². The van der Waals surface area contributed by atoms with Crippen molar-refractivity contribution in [2.24, 2.45) is 0 Å². The lowest BCUT2D eigenvalue weighted by atomic mass is 10.1. The Kier molecular flexibility index (Phi) is 3.58. The van der Waals surface area contributed by atoms with Crippen molar-refractivity contribution in [3.8, 4) is 0 Å². The van der Waals surface area contributed by atoms with Crippen LogP contribution in [0.15, 0.2) is 30.3 Å². The Labute approximate surface area is 108 Å². The second-order valence-electron chi connectivity index (χ2n) is 3.68. The van der Waals surface area contributed by atoms with Crippen molar-refractivity contribution in [1.29, 1.82) is 0 Å². The van der Waals surface area contributed by atoms with Crippen molar-refractivity contribution in [2.75, 3.05) is 5.32 Å². The van der Waals surface area contributed by atoms with Crippen LogP contribution in [0.1, 0.15) is 21.6 Å². The number of anilines is 1. The molecule has 0 saturated carbocycles. The van der Waals surface area contributed by atoms with Gasteiger partial charge in [0.05, 0.1) is 0 Å². The van der Waals surface area contributed by atoms with Crippen LogP contribution >= 0.6 is 15.9 Å². The van der Waals surface area contributed by atoms with Crippen molar-refractivity contribution < 1.29 is 4.79 Å². The molecule has 1 aromatic carbocycles. The van der Waals surface area contributed by atoms with Gasteiger partial charge in [-0.3, -0.25) is 9.89 Å². The van der Waals surface area contributed by atoms with Gasteiger partial charge in [-0.25, -0.2) is 0 Å². The summed E-state index contributed by atoms with van der Waals surface area (Å²) in [4.78, 5) is 12.0. The van der Waals surface area contributed by atoms with Crippen LogP contribution in [0.4, 0.5) is 5.82 Å². The zero-order valence-corrected chi connectivity index (χ0v) is 10.9. The number of alkyl halides is 1. The molecule has 2 aromatic rings. The van der Waals surface area contributed by atoms with Crippen LogP contribution in [-0.4, -0.2) is 16.1 Å². The van der Waals surface area contributed by atoms with Gasteiger partial charge >= 0.3 is 0 Å². The highest BCUT2D eigenvalue weighted by atomic mass is 79.9. The van der Waals surface area contributed by atoms with Crippen LogP contribution in [0.5, 0.6) is 0 Å². The molecule has 17 heavy (non-hydrogen) atoms. The molecular formula is C12H12BrN3O. The van der Waals surface area contributed by atoms with Gasteiger partial charge < -0.3 is 5.32 Å². The predicted octanol–water partition coefficient (Wildman–Crippen LogP) is 2.87. The number of aromatic nitrogens is 2. The molecule has 1 heterocycles. The maximum atomic E-state index is 12.0. The molecule has 5 heteroatoms. The molecule has 0 aliphatic rings. The number of nitrogens with one attached hydrogen (secondary N) is 2. The summed E-state index contributed by atoms with van der Waals surface area (Å²) in [6.45, 7) is 1.88. The van der Waals surface area contributed by atoms with Gasteiger partial charge in [0, 0.05) is 22.7 Å². The third kappa shape index (κ3) is 2.74. The second-order valence-corrected chi connectivity index (χ2v) is 4.24. The number of aryl methyl sites for hydroxylation is 1. The molecule has 0 bridgehead atoms. The number of benzene rings is 1. The summed E-state index contributed by atoms with van der Waals surface area (Å²) in [6, 6.07) is 9.25. The van der Waals surface area contributed by atoms with Crippen LogP contribution in [0.3, 0.4) is 0 Å². The molecule has 0 radical (unpaired) electrons. The quantitative estimate of drug-likeness (QED) is 0.855. The first-order valence-electron chi connectivity index (χ1n) is 5.18. The first-order chi connectivity index (χ1) is 8.20. The lowest BCUT2D eigenvalue weighted by molar-refractivity contribution is 0.102. The molecule has 0 fully saturated rings. The largest absolute Gasteiger partial charge is 0.305 e. The fourth-order valence-electron chi connectivity index (χ4n) is 1.52. The monoisotopic (exact) mass is 293 g/mol. The average molecular weight is 294 g/mol. The van der Waals surface area contributed by atoms with Crippen LogP contribution in [0, 0.1) is 6.92 Å². The number of carbonyl (C=O) groups is 1. The van der Waals surface area contributed by atoms with E-state index in [1.807, 2.05) is 25.1 Å². The van der Waals surface area contributed by atoms with Crippen molar-refractivity contribution in [3.05, 3.63) is 47.2 Å². The molecule has 4 nitrogen and oxygen atoms in total. The van der Waals surface area contributed by atoms with Gasteiger partial charge in [-0.05, 0) is 18.6 Å². The Morgan fingerprint density at radius 2 is 2.24 bits per heavy atom. The first-order valence-corrected chi connectivity index (χ1v) is 6.30. The Morgan fingerprint density at radius 1 is 1.47 bits per heavy atom. The summed E-state index contributed by atoms with van der Waals surface area (Å²) in [5.41, 5.74) is 2.52. The number of rotatable bonds is 3. The third-order valence-corrected chi connectivity index (χ3v) is 2.96. The van der Waals surface area contributed by atoms with Crippen LogP contribution in [-0.2, 0) is 5.33 Å². The molecule has 0 spiro atoms. The van der Waals surface area contributed by atoms with Gasteiger partial charge in [0.25, 0.3) is 5.91 Å². The van der Waals surface area contributed by atoms with Gasteiger partial charge in [0.2, 0.25) is 0 Å². The third-order valence-electron chi connectivity index (χ3n) is 2.35. The minimum Gasteiger partial charge on any atom is -0.305 e. The SMILES string of the molecule is Cc1cc(NC(=O)c2ccccc2CBr)n[nH]1. The highest BCUT2D eigenvalue weighted by Gasteiger charge is 2.11. The number of amides is 1. The van der Waals surface area contributed by atoms with Gasteiger partial charge in [0.1, 0.15) is 0 Å². The van der Waals surface area contributed by atoms with Gasteiger partial charge in [0.15, 0.2) is 5.82 Å². The lowest BCUT2D eigenvalue weighted by Crippen LogP contribution is -2.14. The molecule has 0 saturated heterocycles. The number of hydrogen-bond acceptors (Lipinski definition) is 2. The summed E-state index contributed by atoms with van der Waals surface area (Å²) in [7, 11) is 0. The summed E-state index contributed by atoms with van der Waals surface area (Å²) in [6.07, 6.45) is 0. The molecule has 2 rings (SSSR count). The minimum atomic E-state index is -0.147. The average Bonchev–Trinajstić information content (AvgIpc) is 2.74. The van der Waals surface area contributed by atoms with E-state index in [1.54, 1.807) is 12.1 Å². The molecule has 1 aromatic heterocycles. The standard InChI is InChI=1S/C12H12BrN3O/c1-8-6-11(16-15-8)14-12(17)10-5-3-2-4-9(10)7-13/h2-6H,7H2,1H3,(H2,14,15,16,17). The second kappa shape index (κ2) is 5.14. The van der Waals surface area contributed by atoms with Crippen molar-refractivity contribution in [3.63, 3.8) is 0 Å². The number of H-pyrrole nitrogens is 1. The van der Waals surface area contributed by atoms with E-state index in [4.69, 9.17) is 0 Å². The predicted molar refractivity (Wildman–Crippen MR) is 70.4 cm³/mol. The fourth-order valence-corrected chi connectivity index (χ4v) is 2.01. The lowest BCUT2D eigenvalue weighted by Gasteiger charge is -2.06. The Morgan fingerprint density at radius 3 is 2.88 bits per heavy atom. The summed E-state index contributed by atoms with van der Waals surface area (Å²) < 4.78 is 0. The maximum Gasteiger partial charge on any atom is 0.257 e. The molecule has 0 atom stereocenters. The van der Waals surface area contributed by atoms with Crippen LogP contribution < -0.4 is 5.32 Å². The molecule has 0 aliphatic heterocycles. The number of aromatic amines is 1. The normalized spacial score (nSPS) is 10.2. The summed E-state index contributed by atoms with van der Waals surface area (Å²) in [5.74, 6) is 0.392. The molecule has 1 amide bonds. The highest BCUT2D eigenvalue weighted by Crippen LogP contribution is 2.14. The topological polar surface area (TPSA) is 57.8 Å². The van der Waals surface area contributed by atoms with Crippen molar-refractivity contribution in [1.82, 2.24) is 10.2 Å². The van der Waals surface area contributed by atoms with Crippen LogP contribution in [0.2, 0.25) is 0 Å². The summed E-state index contributed by atoms with van der Waals surface area (Å²) in [5, 5.41) is 10.1. The smallest absolute Gasteiger partial charge is 0.257 e. The van der Waals surface area contributed by atoms with Crippen molar-refractivity contribution >= 4 is 27.7 Å². The van der Waals surface area contributed by atoms with Gasteiger partial charge in [-0.15, -0.1) is 0 Å². The van der Waals surface area contributed by atoms with Crippen LogP contribution in [0.25, 0.3) is 0 Å².